The van der Waals surface area contributed by atoms with E-state index in [9.17, 15) is 14.9 Å². The summed E-state index contributed by atoms with van der Waals surface area (Å²) in [6, 6.07) is 4.14. The molecule has 0 aliphatic carbocycles. The fourth-order valence-electron chi connectivity index (χ4n) is 2.20. The van der Waals surface area contributed by atoms with Crippen LogP contribution < -0.4 is 4.90 Å². The average Bonchev–Trinajstić information content (AvgIpc) is 2.47. The first kappa shape index (κ1) is 16.9. The summed E-state index contributed by atoms with van der Waals surface area (Å²) in [6.07, 6.45) is 0. The predicted octanol–water partition coefficient (Wildman–Crippen LogP) is 2.24. The molecule has 1 aromatic rings. The Morgan fingerprint density at radius 1 is 1.43 bits per heavy atom. The second-order valence-electron chi connectivity index (χ2n) is 4.54. The van der Waals surface area contributed by atoms with E-state index in [0.717, 1.165) is 0 Å². The first-order valence-electron chi connectivity index (χ1n) is 6.58. The highest BCUT2D eigenvalue weighted by molar-refractivity contribution is 5.91. The molecule has 116 valence electrons. The van der Waals surface area contributed by atoms with Gasteiger partial charge in [0.05, 0.1) is 24.2 Å². The van der Waals surface area contributed by atoms with E-state index < -0.39 is 10.9 Å². The largest absolute Gasteiger partial charge is 0.465 e. The van der Waals surface area contributed by atoms with Crippen LogP contribution in [0.3, 0.4) is 0 Å². The molecule has 1 aromatic carbocycles. The molecule has 0 spiro atoms. The SMILES string of the molecule is CCN(c1cc(C(=O)OC)ccc1[N+](=O)[O-])C(C)COC. The van der Waals surface area contributed by atoms with Crippen molar-refractivity contribution in [2.75, 3.05) is 32.3 Å². The van der Waals surface area contributed by atoms with Gasteiger partial charge in [0.25, 0.3) is 5.69 Å². The Bertz CT molecular complexity index is 518. The number of esters is 1. The minimum atomic E-state index is -0.526. The Morgan fingerprint density at radius 2 is 2.10 bits per heavy atom. The van der Waals surface area contributed by atoms with Gasteiger partial charge in [0, 0.05) is 25.8 Å². The van der Waals surface area contributed by atoms with Gasteiger partial charge in [-0.2, -0.15) is 0 Å². The Labute approximate surface area is 123 Å². The first-order chi connectivity index (χ1) is 9.96. The zero-order chi connectivity index (χ0) is 16.0. The highest BCUT2D eigenvalue weighted by Gasteiger charge is 2.24. The molecule has 1 rings (SSSR count). The van der Waals surface area contributed by atoms with E-state index in [-0.39, 0.29) is 17.3 Å². The van der Waals surface area contributed by atoms with Crippen LogP contribution in [0, 0.1) is 10.1 Å². The molecule has 1 unspecified atom stereocenters. The van der Waals surface area contributed by atoms with Crippen molar-refractivity contribution >= 4 is 17.3 Å². The summed E-state index contributed by atoms with van der Waals surface area (Å²) in [4.78, 5) is 24.2. The molecule has 7 heteroatoms. The van der Waals surface area contributed by atoms with Crippen molar-refractivity contribution in [3.8, 4) is 0 Å². The molecular formula is C14H20N2O5. The molecule has 0 saturated heterocycles. The van der Waals surface area contributed by atoms with Crippen molar-refractivity contribution < 1.29 is 19.2 Å². The third-order valence-corrected chi connectivity index (χ3v) is 3.18. The number of carbonyl (C=O) groups excluding carboxylic acids is 1. The number of ether oxygens (including phenoxy) is 2. The Morgan fingerprint density at radius 3 is 2.57 bits per heavy atom. The van der Waals surface area contributed by atoms with Crippen LogP contribution in [0.25, 0.3) is 0 Å². The van der Waals surface area contributed by atoms with Crippen LogP contribution in [0.4, 0.5) is 11.4 Å². The summed E-state index contributed by atoms with van der Waals surface area (Å²) in [6.45, 7) is 4.77. The van der Waals surface area contributed by atoms with E-state index in [1.54, 1.807) is 7.11 Å². The lowest BCUT2D eigenvalue weighted by Gasteiger charge is -2.29. The van der Waals surface area contributed by atoms with Crippen LogP contribution in [0.5, 0.6) is 0 Å². The predicted molar refractivity (Wildman–Crippen MR) is 78.8 cm³/mol. The zero-order valence-electron chi connectivity index (χ0n) is 12.7. The van der Waals surface area contributed by atoms with Crippen molar-refractivity contribution in [2.24, 2.45) is 0 Å². The molecule has 0 fully saturated rings. The number of nitrogens with zero attached hydrogens (tertiary/aromatic N) is 2. The molecule has 0 amide bonds. The molecule has 0 heterocycles. The molecule has 1 atom stereocenters. The summed E-state index contributed by atoms with van der Waals surface area (Å²) in [7, 11) is 2.85. The first-order valence-corrected chi connectivity index (χ1v) is 6.58. The molecule has 0 N–H and O–H groups in total. The lowest BCUT2D eigenvalue weighted by molar-refractivity contribution is -0.384. The van der Waals surface area contributed by atoms with Gasteiger partial charge in [-0.25, -0.2) is 4.79 Å². The maximum Gasteiger partial charge on any atom is 0.337 e. The molecule has 0 aliphatic rings. The monoisotopic (exact) mass is 296 g/mol. The number of nitro benzene ring substituents is 1. The van der Waals surface area contributed by atoms with Gasteiger partial charge in [0.15, 0.2) is 0 Å². The van der Waals surface area contributed by atoms with Crippen LogP contribution in [0.2, 0.25) is 0 Å². The summed E-state index contributed by atoms with van der Waals surface area (Å²) in [5.74, 6) is -0.526. The molecule has 0 saturated carbocycles. The number of benzene rings is 1. The number of carbonyl (C=O) groups is 1. The topological polar surface area (TPSA) is 81.9 Å². The van der Waals surface area contributed by atoms with Crippen LogP contribution in [-0.4, -0.2) is 44.3 Å². The minimum Gasteiger partial charge on any atom is -0.465 e. The van der Waals surface area contributed by atoms with Crippen molar-refractivity contribution in [2.45, 2.75) is 19.9 Å². The van der Waals surface area contributed by atoms with Crippen molar-refractivity contribution in [1.82, 2.24) is 0 Å². The van der Waals surface area contributed by atoms with E-state index in [4.69, 9.17) is 4.74 Å². The third-order valence-electron chi connectivity index (χ3n) is 3.18. The smallest absolute Gasteiger partial charge is 0.337 e. The summed E-state index contributed by atoms with van der Waals surface area (Å²) < 4.78 is 9.76. The zero-order valence-corrected chi connectivity index (χ0v) is 12.7. The molecule has 21 heavy (non-hydrogen) atoms. The Balaban J connectivity index is 3.33. The third kappa shape index (κ3) is 3.91. The highest BCUT2D eigenvalue weighted by atomic mass is 16.6. The van der Waals surface area contributed by atoms with E-state index in [2.05, 4.69) is 4.74 Å². The van der Waals surface area contributed by atoms with E-state index in [1.807, 2.05) is 18.7 Å². The van der Waals surface area contributed by atoms with Gasteiger partial charge in [0.1, 0.15) is 5.69 Å². The number of hydrogen-bond donors (Lipinski definition) is 0. The van der Waals surface area contributed by atoms with Gasteiger partial charge in [-0.15, -0.1) is 0 Å². The van der Waals surface area contributed by atoms with Crippen molar-refractivity contribution in [3.05, 3.63) is 33.9 Å². The molecule has 0 radical (unpaired) electrons. The van der Waals surface area contributed by atoms with E-state index in [0.29, 0.717) is 18.8 Å². The van der Waals surface area contributed by atoms with Crippen molar-refractivity contribution in [3.63, 3.8) is 0 Å². The standard InChI is InChI=1S/C14H20N2O5/c1-5-15(10(2)9-20-3)13-8-11(14(17)21-4)6-7-12(13)16(18)19/h6-8,10H,5,9H2,1-4H3. The normalized spacial score (nSPS) is 11.8. The van der Waals surface area contributed by atoms with Crippen LogP contribution in [0.1, 0.15) is 24.2 Å². The number of hydrogen-bond acceptors (Lipinski definition) is 6. The van der Waals surface area contributed by atoms with Crippen LogP contribution in [0.15, 0.2) is 18.2 Å². The van der Waals surface area contributed by atoms with Crippen LogP contribution in [-0.2, 0) is 9.47 Å². The molecule has 0 bridgehead atoms. The second kappa shape index (κ2) is 7.58. The molecule has 0 aliphatic heterocycles. The fourth-order valence-corrected chi connectivity index (χ4v) is 2.20. The van der Waals surface area contributed by atoms with Gasteiger partial charge in [-0.3, -0.25) is 10.1 Å². The van der Waals surface area contributed by atoms with Gasteiger partial charge >= 0.3 is 5.97 Å². The molecule has 7 nitrogen and oxygen atoms in total. The molecular weight excluding hydrogens is 276 g/mol. The maximum absolute atomic E-state index is 11.6. The lowest BCUT2D eigenvalue weighted by atomic mass is 10.1. The molecule has 0 aromatic heterocycles. The summed E-state index contributed by atoms with van der Waals surface area (Å²) in [5.41, 5.74) is 0.614. The number of anilines is 1. The minimum absolute atomic E-state index is 0.0487. The Kier molecular flexibility index (Phi) is 6.10. The lowest BCUT2D eigenvalue weighted by Crippen LogP contribution is -2.36. The van der Waals surface area contributed by atoms with E-state index in [1.165, 1.54) is 25.3 Å². The maximum atomic E-state index is 11.6. The Hall–Kier alpha value is -2.15. The van der Waals surface area contributed by atoms with Crippen molar-refractivity contribution in [1.29, 1.82) is 0 Å². The number of rotatable bonds is 7. The van der Waals surface area contributed by atoms with E-state index >= 15 is 0 Å². The number of nitro groups is 1. The number of methoxy groups -OCH3 is 2. The fraction of sp³-hybridized carbons (Fsp3) is 0.500. The van der Waals surface area contributed by atoms with Gasteiger partial charge in [-0.05, 0) is 26.0 Å². The van der Waals surface area contributed by atoms with Gasteiger partial charge < -0.3 is 14.4 Å². The average molecular weight is 296 g/mol. The van der Waals surface area contributed by atoms with Crippen LogP contribution >= 0.6 is 0 Å². The van der Waals surface area contributed by atoms with Gasteiger partial charge in [0.2, 0.25) is 0 Å². The summed E-state index contributed by atoms with van der Waals surface area (Å²) in [5, 5.41) is 11.2. The quantitative estimate of drug-likeness (QED) is 0.436. The van der Waals surface area contributed by atoms with Gasteiger partial charge in [-0.1, -0.05) is 0 Å². The number of likely N-dealkylation sites (N-methyl/N-ethyl adjacent to an activating group) is 1. The second-order valence-corrected chi connectivity index (χ2v) is 4.54. The highest BCUT2D eigenvalue weighted by Crippen LogP contribution is 2.31. The summed E-state index contributed by atoms with van der Waals surface area (Å²) >= 11 is 0.